The standard InChI is InChI=1S/C36H22N4/c1-2-10-22-21(9-1)17-20-31-32(22)26-19-18-24-23-11-3-7-15-29(23)39-30-16-8-4-12-25(30)33-36(40(31)35(26)34(24)39)38-28-14-6-5-13-27(28)37-33/h1-20,28,38H. The number of hydrogen-bond donors (Lipinski definition) is 1. The molecule has 2 aliphatic rings. The van der Waals surface area contributed by atoms with Crippen LogP contribution in [0.3, 0.4) is 0 Å². The van der Waals surface area contributed by atoms with Gasteiger partial charge in [0, 0.05) is 26.9 Å². The van der Waals surface area contributed by atoms with Crippen molar-refractivity contribution in [2.75, 3.05) is 5.32 Å². The third-order valence-corrected chi connectivity index (χ3v) is 8.83. The van der Waals surface area contributed by atoms with Gasteiger partial charge in [0.2, 0.25) is 0 Å². The molecule has 1 N–H and O–H groups in total. The second kappa shape index (κ2) is 7.19. The topological polar surface area (TPSA) is 33.2 Å². The van der Waals surface area contributed by atoms with E-state index < -0.39 is 0 Å². The van der Waals surface area contributed by atoms with Gasteiger partial charge >= 0.3 is 0 Å². The van der Waals surface area contributed by atoms with E-state index in [1.54, 1.807) is 0 Å². The summed E-state index contributed by atoms with van der Waals surface area (Å²) in [5.74, 6) is 1.03. The molecular weight excluding hydrogens is 488 g/mol. The zero-order valence-corrected chi connectivity index (χ0v) is 21.5. The minimum Gasteiger partial charge on any atom is -0.357 e. The van der Waals surface area contributed by atoms with Gasteiger partial charge in [-0.2, -0.15) is 0 Å². The van der Waals surface area contributed by atoms with E-state index in [-0.39, 0.29) is 6.04 Å². The highest BCUT2D eigenvalue weighted by molar-refractivity contribution is 6.29. The summed E-state index contributed by atoms with van der Waals surface area (Å²) in [5, 5.41) is 12.6. The maximum Gasteiger partial charge on any atom is 0.139 e. The van der Waals surface area contributed by atoms with Crippen LogP contribution >= 0.6 is 0 Å². The lowest BCUT2D eigenvalue weighted by molar-refractivity contribution is 1.08. The number of aromatic nitrogens is 2. The highest BCUT2D eigenvalue weighted by Gasteiger charge is 2.27. The van der Waals surface area contributed by atoms with Gasteiger partial charge in [-0.3, -0.25) is 4.40 Å². The second-order valence-corrected chi connectivity index (χ2v) is 10.8. The number of fused-ring (bicyclic) bond motifs is 14. The Labute approximate surface area is 228 Å². The number of para-hydroxylation sites is 2. The predicted octanol–water partition coefficient (Wildman–Crippen LogP) is 8.95. The van der Waals surface area contributed by atoms with Gasteiger partial charge in [-0.15, -0.1) is 0 Å². The normalized spacial score (nSPS) is 16.4. The summed E-state index contributed by atoms with van der Waals surface area (Å²) in [5.41, 5.74) is 7.98. The van der Waals surface area contributed by atoms with Crippen LogP contribution in [0.5, 0.6) is 0 Å². The molecule has 4 nitrogen and oxygen atoms in total. The molecule has 0 saturated heterocycles. The number of aliphatic imine (C=N–C) groups is 1. The fraction of sp³-hybridized carbons (Fsp3) is 0.0278. The Morgan fingerprint density at radius 2 is 1.30 bits per heavy atom. The van der Waals surface area contributed by atoms with E-state index in [9.17, 15) is 0 Å². The molecule has 8 aromatic rings. The van der Waals surface area contributed by atoms with Gasteiger partial charge in [-0.05, 0) is 35.0 Å². The van der Waals surface area contributed by atoms with Crippen LogP contribution in [0.1, 0.15) is 0 Å². The fourth-order valence-corrected chi connectivity index (χ4v) is 7.19. The summed E-state index contributed by atoms with van der Waals surface area (Å²) < 4.78 is 4.92. The van der Waals surface area contributed by atoms with E-state index >= 15 is 0 Å². The smallest absolute Gasteiger partial charge is 0.139 e. The lowest BCUT2D eigenvalue weighted by atomic mass is 10.0. The Kier molecular flexibility index (Phi) is 3.70. The Bertz CT molecular complexity index is 2520. The van der Waals surface area contributed by atoms with Crippen LogP contribution in [0.4, 0.5) is 11.5 Å². The first kappa shape index (κ1) is 20.6. The zero-order chi connectivity index (χ0) is 25.9. The molecule has 1 atom stereocenters. The molecule has 1 unspecified atom stereocenters. The number of benzene rings is 5. The number of rotatable bonds is 0. The molecule has 0 spiro atoms. The molecule has 4 heteroatoms. The molecule has 3 aromatic heterocycles. The van der Waals surface area contributed by atoms with Crippen molar-refractivity contribution < 1.29 is 0 Å². The molecule has 1 aliphatic heterocycles. The quantitative estimate of drug-likeness (QED) is 0.217. The Morgan fingerprint density at radius 1 is 0.575 bits per heavy atom. The van der Waals surface area contributed by atoms with Crippen LogP contribution in [0, 0.1) is 0 Å². The van der Waals surface area contributed by atoms with Gasteiger partial charge in [0.1, 0.15) is 11.5 Å². The van der Waals surface area contributed by atoms with Gasteiger partial charge in [0.25, 0.3) is 0 Å². The number of anilines is 1. The average molecular weight is 511 g/mol. The van der Waals surface area contributed by atoms with E-state index in [0.29, 0.717) is 0 Å². The van der Waals surface area contributed by atoms with E-state index in [1.807, 2.05) is 0 Å². The molecule has 0 bridgehead atoms. The van der Waals surface area contributed by atoms with Crippen molar-refractivity contribution in [1.82, 2.24) is 8.80 Å². The van der Waals surface area contributed by atoms with Crippen LogP contribution < -0.4 is 5.32 Å². The number of nitrogens with zero attached hydrogens (tertiary/aromatic N) is 3. The SMILES string of the molecule is C1=CC2=Nc3c(n4c5ccc6ccccc6c5c5ccc6c7ccccc7n(c7ccccc37)c6c54)NC2C=C1. The average Bonchev–Trinajstić information content (AvgIpc) is 3.53. The molecule has 0 saturated carbocycles. The number of hydrogen-bond acceptors (Lipinski definition) is 2. The third-order valence-electron chi connectivity index (χ3n) is 8.83. The molecule has 0 radical (unpaired) electrons. The zero-order valence-electron chi connectivity index (χ0n) is 21.5. The van der Waals surface area contributed by atoms with E-state index in [2.05, 4.69) is 135 Å². The van der Waals surface area contributed by atoms with Crippen molar-refractivity contribution in [2.45, 2.75) is 6.04 Å². The van der Waals surface area contributed by atoms with Crippen LogP contribution in [0.15, 0.2) is 126 Å². The van der Waals surface area contributed by atoms with Gasteiger partial charge < -0.3 is 9.72 Å². The summed E-state index contributed by atoms with van der Waals surface area (Å²) in [6.07, 6.45) is 8.50. The van der Waals surface area contributed by atoms with Crippen LogP contribution in [-0.4, -0.2) is 20.6 Å². The van der Waals surface area contributed by atoms with Crippen molar-refractivity contribution in [1.29, 1.82) is 0 Å². The van der Waals surface area contributed by atoms with E-state index in [4.69, 9.17) is 4.99 Å². The van der Waals surface area contributed by atoms with E-state index in [0.717, 1.165) is 28.1 Å². The highest BCUT2D eigenvalue weighted by Crippen LogP contribution is 2.46. The van der Waals surface area contributed by atoms with Crippen molar-refractivity contribution in [3.63, 3.8) is 0 Å². The molecule has 40 heavy (non-hydrogen) atoms. The highest BCUT2D eigenvalue weighted by atomic mass is 15.1. The number of nitrogens with one attached hydrogen (secondary N) is 1. The third kappa shape index (κ3) is 2.40. The molecular formula is C36H22N4. The molecule has 0 amide bonds. The molecule has 1 aliphatic carbocycles. The lowest BCUT2D eigenvalue weighted by Crippen LogP contribution is -2.30. The first-order chi connectivity index (χ1) is 19.9. The van der Waals surface area contributed by atoms with Crippen molar-refractivity contribution in [3.05, 3.63) is 121 Å². The predicted molar refractivity (Wildman–Crippen MR) is 169 cm³/mol. The van der Waals surface area contributed by atoms with Crippen molar-refractivity contribution in [2.24, 2.45) is 4.99 Å². The van der Waals surface area contributed by atoms with Gasteiger partial charge in [0.05, 0.1) is 39.3 Å². The first-order valence-electron chi connectivity index (χ1n) is 13.8. The summed E-state index contributed by atoms with van der Waals surface area (Å²) in [6, 6.07) is 35.4. The first-order valence-corrected chi connectivity index (χ1v) is 13.8. The molecule has 186 valence electrons. The van der Waals surface area contributed by atoms with Gasteiger partial charge in [0.15, 0.2) is 0 Å². The van der Waals surface area contributed by atoms with Crippen molar-refractivity contribution >= 4 is 82.5 Å². The summed E-state index contributed by atoms with van der Waals surface area (Å²) in [7, 11) is 0. The minimum absolute atomic E-state index is 0.0216. The maximum absolute atomic E-state index is 5.37. The Balaban J connectivity index is 1.62. The monoisotopic (exact) mass is 510 g/mol. The summed E-state index contributed by atoms with van der Waals surface area (Å²) in [6.45, 7) is 0. The number of allylic oxidation sites excluding steroid dienone is 2. The van der Waals surface area contributed by atoms with Crippen molar-refractivity contribution in [3.8, 4) is 0 Å². The Hall–Kier alpha value is -5.35. The summed E-state index contributed by atoms with van der Waals surface area (Å²) in [4.78, 5) is 5.37. The largest absolute Gasteiger partial charge is 0.357 e. The molecule has 10 rings (SSSR count). The van der Waals surface area contributed by atoms with Gasteiger partial charge in [-0.1, -0.05) is 97.1 Å². The maximum atomic E-state index is 5.37. The minimum atomic E-state index is 0.0216. The Morgan fingerprint density at radius 3 is 2.20 bits per heavy atom. The molecule has 5 aromatic carbocycles. The van der Waals surface area contributed by atoms with Crippen LogP contribution in [0.25, 0.3) is 65.3 Å². The fourth-order valence-electron chi connectivity index (χ4n) is 7.19. The van der Waals surface area contributed by atoms with E-state index in [1.165, 1.54) is 54.4 Å². The van der Waals surface area contributed by atoms with Gasteiger partial charge in [-0.25, -0.2) is 4.99 Å². The lowest BCUT2D eigenvalue weighted by Gasteiger charge is -2.26. The molecule has 4 heterocycles. The molecule has 0 fully saturated rings. The van der Waals surface area contributed by atoms with Crippen LogP contribution in [0.2, 0.25) is 0 Å². The van der Waals surface area contributed by atoms with Crippen LogP contribution in [-0.2, 0) is 0 Å². The summed E-state index contributed by atoms with van der Waals surface area (Å²) >= 11 is 0. The second-order valence-electron chi connectivity index (χ2n) is 10.8.